The van der Waals surface area contributed by atoms with Crippen molar-refractivity contribution in [3.8, 4) is 0 Å². The first-order valence-corrected chi connectivity index (χ1v) is 9.88. The summed E-state index contributed by atoms with van der Waals surface area (Å²) in [6, 6.07) is 1.87. The van der Waals surface area contributed by atoms with Crippen LogP contribution in [0.25, 0.3) is 0 Å². The van der Waals surface area contributed by atoms with Crippen LogP contribution in [0.3, 0.4) is 0 Å². The second kappa shape index (κ2) is 6.38. The van der Waals surface area contributed by atoms with E-state index in [1.807, 2.05) is 10.7 Å². The minimum absolute atomic E-state index is 0.0616. The fourth-order valence-electron chi connectivity index (χ4n) is 2.57. The van der Waals surface area contributed by atoms with Gasteiger partial charge in [-0.05, 0) is 6.07 Å². The van der Waals surface area contributed by atoms with Crippen LogP contribution in [0, 0.1) is 5.92 Å². The number of carbonyl (C=O) groups excluding carboxylic acids is 1. The SMILES string of the molecule is CS(=O)(=O)NC[C@@H]1CN(C(=O)c2cscn2)Cc2ccnn2C1. The Bertz CT molecular complexity index is 784. The zero-order valence-electron chi connectivity index (χ0n) is 12.5. The van der Waals surface area contributed by atoms with Gasteiger partial charge in [-0.15, -0.1) is 11.3 Å². The van der Waals surface area contributed by atoms with Crippen molar-refractivity contribution in [3.63, 3.8) is 0 Å². The van der Waals surface area contributed by atoms with Crippen molar-refractivity contribution in [1.82, 2.24) is 24.4 Å². The van der Waals surface area contributed by atoms with Gasteiger partial charge in [0.2, 0.25) is 10.0 Å². The first-order valence-electron chi connectivity index (χ1n) is 7.05. The maximum atomic E-state index is 12.6. The highest BCUT2D eigenvalue weighted by Gasteiger charge is 2.27. The van der Waals surface area contributed by atoms with E-state index >= 15 is 0 Å². The Morgan fingerprint density at radius 3 is 3.00 bits per heavy atom. The fourth-order valence-corrected chi connectivity index (χ4v) is 3.63. The minimum Gasteiger partial charge on any atom is -0.331 e. The number of aromatic nitrogens is 3. The van der Waals surface area contributed by atoms with Crippen LogP contribution >= 0.6 is 11.3 Å². The highest BCUT2D eigenvalue weighted by molar-refractivity contribution is 7.88. The third-order valence-corrected chi connectivity index (χ3v) is 4.92. The Balaban J connectivity index is 1.81. The third kappa shape index (κ3) is 3.95. The van der Waals surface area contributed by atoms with Gasteiger partial charge in [-0.2, -0.15) is 5.10 Å². The number of nitrogens with zero attached hydrogens (tertiary/aromatic N) is 4. The van der Waals surface area contributed by atoms with Gasteiger partial charge in [0.25, 0.3) is 5.91 Å². The molecule has 0 fully saturated rings. The second-order valence-electron chi connectivity index (χ2n) is 5.55. The fraction of sp³-hybridized carbons (Fsp3) is 0.462. The van der Waals surface area contributed by atoms with Gasteiger partial charge in [-0.1, -0.05) is 0 Å². The molecule has 0 radical (unpaired) electrons. The first kappa shape index (κ1) is 16.1. The molecule has 1 aliphatic heterocycles. The summed E-state index contributed by atoms with van der Waals surface area (Å²) >= 11 is 1.37. The highest BCUT2D eigenvalue weighted by Crippen LogP contribution is 2.18. The summed E-state index contributed by atoms with van der Waals surface area (Å²) in [4.78, 5) is 18.4. The van der Waals surface area contributed by atoms with E-state index in [-0.39, 0.29) is 18.4 Å². The molecule has 0 aromatic carbocycles. The molecular formula is C13H17N5O3S2. The quantitative estimate of drug-likeness (QED) is 0.843. The number of thiazole rings is 1. The molecule has 0 saturated carbocycles. The normalized spacial score (nSPS) is 18.5. The summed E-state index contributed by atoms with van der Waals surface area (Å²) in [5.74, 6) is -0.210. The van der Waals surface area contributed by atoms with Gasteiger partial charge < -0.3 is 4.90 Å². The molecule has 0 saturated heterocycles. The van der Waals surface area contributed by atoms with Crippen molar-refractivity contribution < 1.29 is 13.2 Å². The van der Waals surface area contributed by atoms with E-state index in [1.165, 1.54) is 11.3 Å². The van der Waals surface area contributed by atoms with Gasteiger partial charge >= 0.3 is 0 Å². The van der Waals surface area contributed by atoms with Crippen molar-refractivity contribution in [2.24, 2.45) is 5.92 Å². The number of amides is 1. The predicted octanol–water partition coefficient (Wildman–Crippen LogP) is 0.161. The van der Waals surface area contributed by atoms with E-state index in [0.29, 0.717) is 25.3 Å². The number of sulfonamides is 1. The average Bonchev–Trinajstić information content (AvgIpc) is 3.12. The second-order valence-corrected chi connectivity index (χ2v) is 8.10. The van der Waals surface area contributed by atoms with Crippen LogP contribution in [-0.2, 0) is 23.1 Å². The molecule has 3 rings (SSSR count). The van der Waals surface area contributed by atoms with Gasteiger partial charge in [-0.3, -0.25) is 9.48 Å². The molecule has 23 heavy (non-hydrogen) atoms. The maximum absolute atomic E-state index is 12.6. The smallest absolute Gasteiger partial charge is 0.273 e. The van der Waals surface area contributed by atoms with E-state index in [2.05, 4.69) is 14.8 Å². The lowest BCUT2D eigenvalue weighted by Crippen LogP contribution is -2.38. The number of rotatable bonds is 4. The molecule has 10 heteroatoms. The molecule has 8 nitrogen and oxygen atoms in total. The largest absolute Gasteiger partial charge is 0.331 e. The summed E-state index contributed by atoms with van der Waals surface area (Å²) in [7, 11) is -3.27. The number of nitrogens with one attached hydrogen (secondary N) is 1. The Labute approximate surface area is 138 Å². The number of fused-ring (bicyclic) bond motifs is 1. The predicted molar refractivity (Wildman–Crippen MR) is 85.4 cm³/mol. The van der Waals surface area contributed by atoms with E-state index in [0.717, 1.165) is 11.9 Å². The topological polar surface area (TPSA) is 97.2 Å². The first-order chi connectivity index (χ1) is 10.9. The van der Waals surface area contributed by atoms with E-state index in [1.54, 1.807) is 22.0 Å². The Kier molecular flexibility index (Phi) is 4.46. The van der Waals surface area contributed by atoms with Crippen molar-refractivity contribution in [2.75, 3.05) is 19.3 Å². The van der Waals surface area contributed by atoms with Crippen LogP contribution < -0.4 is 4.72 Å². The van der Waals surface area contributed by atoms with E-state index in [9.17, 15) is 13.2 Å². The average molecular weight is 355 g/mol. The molecule has 1 N–H and O–H groups in total. The van der Waals surface area contributed by atoms with Crippen LogP contribution in [0.1, 0.15) is 16.2 Å². The zero-order chi connectivity index (χ0) is 16.4. The monoisotopic (exact) mass is 355 g/mol. The van der Waals surface area contributed by atoms with Crippen LogP contribution in [0.4, 0.5) is 0 Å². The lowest BCUT2D eigenvalue weighted by atomic mass is 10.1. The molecule has 3 heterocycles. The lowest BCUT2D eigenvalue weighted by molar-refractivity contribution is 0.0717. The molecule has 2 aromatic rings. The minimum atomic E-state index is -3.27. The summed E-state index contributed by atoms with van der Waals surface area (Å²) in [5.41, 5.74) is 2.96. The van der Waals surface area contributed by atoms with Crippen molar-refractivity contribution in [1.29, 1.82) is 0 Å². The molecule has 0 bridgehead atoms. The van der Waals surface area contributed by atoms with E-state index < -0.39 is 10.0 Å². The molecular weight excluding hydrogens is 338 g/mol. The van der Waals surface area contributed by atoms with Gasteiger partial charge in [0.05, 0.1) is 24.0 Å². The van der Waals surface area contributed by atoms with Gasteiger partial charge in [0.15, 0.2) is 0 Å². The van der Waals surface area contributed by atoms with Crippen molar-refractivity contribution >= 4 is 27.3 Å². The molecule has 1 atom stereocenters. The molecule has 1 amide bonds. The van der Waals surface area contributed by atoms with E-state index in [4.69, 9.17) is 0 Å². The molecule has 2 aromatic heterocycles. The summed E-state index contributed by atoms with van der Waals surface area (Å²) in [6.07, 6.45) is 2.81. The molecule has 0 aliphatic carbocycles. The number of hydrogen-bond donors (Lipinski definition) is 1. The molecule has 1 aliphatic rings. The van der Waals surface area contributed by atoms with Gasteiger partial charge in [0.1, 0.15) is 5.69 Å². The lowest BCUT2D eigenvalue weighted by Gasteiger charge is -2.23. The molecule has 0 unspecified atom stereocenters. The summed E-state index contributed by atoms with van der Waals surface area (Å²) in [6.45, 7) is 1.71. The van der Waals surface area contributed by atoms with Crippen LogP contribution in [0.5, 0.6) is 0 Å². The third-order valence-electron chi connectivity index (χ3n) is 3.64. The standard InChI is InChI=1S/C13H17N5O3S2/c1-23(20,21)16-4-10-5-17(13(19)12-8-22-9-14-12)7-11-2-3-15-18(11)6-10/h2-3,8-10,16H,4-7H2,1H3/t10-/m1/s1. The summed E-state index contributed by atoms with van der Waals surface area (Å²) < 4.78 is 27.0. The maximum Gasteiger partial charge on any atom is 0.273 e. The Morgan fingerprint density at radius 2 is 2.30 bits per heavy atom. The van der Waals surface area contributed by atoms with Crippen LogP contribution in [0.15, 0.2) is 23.2 Å². The highest BCUT2D eigenvalue weighted by atomic mass is 32.2. The van der Waals surface area contributed by atoms with Gasteiger partial charge in [-0.25, -0.2) is 18.1 Å². The van der Waals surface area contributed by atoms with Crippen LogP contribution in [0.2, 0.25) is 0 Å². The van der Waals surface area contributed by atoms with Crippen molar-refractivity contribution in [2.45, 2.75) is 13.1 Å². The van der Waals surface area contributed by atoms with Gasteiger partial charge in [0, 0.05) is 37.1 Å². The number of hydrogen-bond acceptors (Lipinski definition) is 6. The Morgan fingerprint density at radius 1 is 1.48 bits per heavy atom. The van der Waals surface area contributed by atoms with Crippen molar-refractivity contribution in [3.05, 3.63) is 34.5 Å². The van der Waals surface area contributed by atoms with Crippen LogP contribution in [-0.4, -0.2) is 53.3 Å². The number of carbonyl (C=O) groups is 1. The molecule has 124 valence electrons. The summed E-state index contributed by atoms with van der Waals surface area (Å²) in [5, 5.41) is 5.97. The molecule has 0 spiro atoms. The zero-order valence-corrected chi connectivity index (χ0v) is 14.2. The Hall–Kier alpha value is -1.78.